The first-order valence-electron chi connectivity index (χ1n) is 6.75. The van der Waals surface area contributed by atoms with Crippen molar-refractivity contribution in [2.45, 2.75) is 45.6 Å². The Bertz CT molecular complexity index is 246. The van der Waals surface area contributed by atoms with E-state index in [0.29, 0.717) is 18.9 Å². The van der Waals surface area contributed by atoms with E-state index in [2.05, 4.69) is 6.92 Å². The Hall–Kier alpha value is -0.610. The van der Waals surface area contributed by atoms with Crippen LogP contribution in [-0.2, 0) is 4.79 Å². The molecule has 3 N–H and O–H groups in total. The van der Waals surface area contributed by atoms with E-state index in [9.17, 15) is 4.79 Å². The van der Waals surface area contributed by atoms with Gasteiger partial charge >= 0.3 is 0 Å². The Balaban J connectivity index is 2.54. The van der Waals surface area contributed by atoms with Gasteiger partial charge < -0.3 is 15.7 Å². The van der Waals surface area contributed by atoms with E-state index in [-0.39, 0.29) is 24.5 Å². The van der Waals surface area contributed by atoms with Gasteiger partial charge in [0.1, 0.15) is 0 Å². The number of carbonyl (C=O) groups is 1. The predicted molar refractivity (Wildman–Crippen MR) is 68.4 cm³/mol. The van der Waals surface area contributed by atoms with Crippen molar-refractivity contribution in [2.24, 2.45) is 17.6 Å². The van der Waals surface area contributed by atoms with Gasteiger partial charge in [-0.25, -0.2) is 0 Å². The van der Waals surface area contributed by atoms with Crippen molar-refractivity contribution in [1.29, 1.82) is 0 Å². The van der Waals surface area contributed by atoms with Crippen LogP contribution in [0.2, 0.25) is 0 Å². The first kappa shape index (κ1) is 14.5. The molecule has 3 unspecified atom stereocenters. The van der Waals surface area contributed by atoms with E-state index in [0.717, 1.165) is 25.8 Å². The van der Waals surface area contributed by atoms with Gasteiger partial charge in [0, 0.05) is 31.7 Å². The maximum absolute atomic E-state index is 12.4. The molecular weight excluding hydrogens is 216 g/mol. The average Bonchev–Trinajstić information content (AvgIpc) is 2.29. The smallest absolute Gasteiger partial charge is 0.225 e. The summed E-state index contributed by atoms with van der Waals surface area (Å²) in [6.07, 6.45) is 3.49. The molecule has 4 heteroatoms. The minimum atomic E-state index is 0.133. The molecule has 0 aliphatic heterocycles. The SMILES string of the molecule is CCN(CCCO)C(=O)C1CCC(N)CC1C. The summed E-state index contributed by atoms with van der Waals surface area (Å²) in [5.41, 5.74) is 5.92. The Kier molecular flexibility index (Phi) is 5.92. The fraction of sp³-hybridized carbons (Fsp3) is 0.923. The Morgan fingerprint density at radius 2 is 2.18 bits per heavy atom. The van der Waals surface area contributed by atoms with Crippen molar-refractivity contribution in [1.82, 2.24) is 4.90 Å². The molecule has 0 heterocycles. The van der Waals surface area contributed by atoms with Crippen LogP contribution in [0.4, 0.5) is 0 Å². The van der Waals surface area contributed by atoms with Crippen LogP contribution in [0, 0.1) is 11.8 Å². The molecule has 0 bridgehead atoms. The van der Waals surface area contributed by atoms with Gasteiger partial charge in [-0.1, -0.05) is 6.92 Å². The maximum Gasteiger partial charge on any atom is 0.225 e. The number of hydrogen-bond donors (Lipinski definition) is 2. The molecule has 17 heavy (non-hydrogen) atoms. The van der Waals surface area contributed by atoms with Crippen molar-refractivity contribution in [3.05, 3.63) is 0 Å². The molecule has 0 saturated heterocycles. The standard InChI is InChI=1S/C13H26N2O2/c1-3-15(7-4-8-16)13(17)12-6-5-11(14)9-10(12)2/h10-12,16H,3-9,14H2,1-2H3. The van der Waals surface area contributed by atoms with Crippen LogP contribution < -0.4 is 5.73 Å². The third-order valence-electron chi connectivity index (χ3n) is 3.81. The second-order valence-electron chi connectivity index (χ2n) is 5.15. The Labute approximate surface area is 104 Å². The van der Waals surface area contributed by atoms with Gasteiger partial charge in [0.2, 0.25) is 5.91 Å². The van der Waals surface area contributed by atoms with E-state index in [1.165, 1.54) is 0 Å². The number of hydrogen-bond acceptors (Lipinski definition) is 3. The highest BCUT2D eigenvalue weighted by molar-refractivity contribution is 5.79. The van der Waals surface area contributed by atoms with E-state index < -0.39 is 0 Å². The first-order chi connectivity index (χ1) is 8.10. The topological polar surface area (TPSA) is 66.6 Å². The number of aliphatic hydroxyl groups excluding tert-OH is 1. The second kappa shape index (κ2) is 6.97. The number of nitrogens with two attached hydrogens (primary N) is 1. The highest BCUT2D eigenvalue weighted by atomic mass is 16.3. The van der Waals surface area contributed by atoms with Gasteiger partial charge in [0.25, 0.3) is 0 Å². The van der Waals surface area contributed by atoms with Crippen molar-refractivity contribution in [3.63, 3.8) is 0 Å². The lowest BCUT2D eigenvalue weighted by molar-refractivity contribution is -0.138. The lowest BCUT2D eigenvalue weighted by Gasteiger charge is -2.35. The van der Waals surface area contributed by atoms with Gasteiger partial charge in [-0.05, 0) is 38.5 Å². The number of amides is 1. The lowest BCUT2D eigenvalue weighted by atomic mass is 9.77. The third kappa shape index (κ3) is 3.96. The number of carbonyl (C=O) groups excluding carboxylic acids is 1. The zero-order valence-corrected chi connectivity index (χ0v) is 11.1. The van der Waals surface area contributed by atoms with E-state index in [1.54, 1.807) is 0 Å². The molecule has 0 radical (unpaired) electrons. The van der Waals surface area contributed by atoms with Crippen LogP contribution in [0.25, 0.3) is 0 Å². The summed E-state index contributed by atoms with van der Waals surface area (Å²) in [4.78, 5) is 14.2. The molecule has 0 spiro atoms. The minimum Gasteiger partial charge on any atom is -0.396 e. The van der Waals surface area contributed by atoms with Crippen molar-refractivity contribution in [3.8, 4) is 0 Å². The summed E-state index contributed by atoms with van der Waals surface area (Å²) in [7, 11) is 0. The van der Waals surface area contributed by atoms with Crippen molar-refractivity contribution < 1.29 is 9.90 Å². The summed E-state index contributed by atoms with van der Waals surface area (Å²) < 4.78 is 0. The van der Waals surface area contributed by atoms with Gasteiger partial charge in [0.15, 0.2) is 0 Å². The van der Waals surface area contributed by atoms with Gasteiger partial charge in [-0.3, -0.25) is 4.79 Å². The quantitative estimate of drug-likeness (QED) is 0.755. The molecule has 1 aliphatic rings. The lowest BCUT2D eigenvalue weighted by Crippen LogP contribution is -2.43. The van der Waals surface area contributed by atoms with E-state index in [4.69, 9.17) is 10.8 Å². The normalized spacial score (nSPS) is 29.1. The molecule has 0 aromatic rings. The minimum absolute atomic E-state index is 0.133. The van der Waals surface area contributed by atoms with Crippen LogP contribution in [0.1, 0.15) is 39.5 Å². The highest BCUT2D eigenvalue weighted by Gasteiger charge is 2.32. The second-order valence-corrected chi connectivity index (χ2v) is 5.15. The van der Waals surface area contributed by atoms with Crippen LogP contribution in [0.5, 0.6) is 0 Å². The molecule has 1 saturated carbocycles. The molecule has 1 aliphatic carbocycles. The Morgan fingerprint density at radius 1 is 1.47 bits per heavy atom. The van der Waals surface area contributed by atoms with Crippen LogP contribution in [0.15, 0.2) is 0 Å². The van der Waals surface area contributed by atoms with E-state index in [1.807, 2.05) is 11.8 Å². The first-order valence-corrected chi connectivity index (χ1v) is 6.75. The molecule has 1 fully saturated rings. The fourth-order valence-corrected chi connectivity index (χ4v) is 2.72. The summed E-state index contributed by atoms with van der Waals surface area (Å²) in [5.74, 6) is 0.767. The summed E-state index contributed by atoms with van der Waals surface area (Å²) in [6, 6.07) is 0.265. The summed E-state index contributed by atoms with van der Waals surface area (Å²) >= 11 is 0. The van der Waals surface area contributed by atoms with Crippen molar-refractivity contribution >= 4 is 5.91 Å². The van der Waals surface area contributed by atoms with Gasteiger partial charge in [-0.2, -0.15) is 0 Å². The largest absolute Gasteiger partial charge is 0.396 e. The summed E-state index contributed by atoms with van der Waals surface area (Å²) in [5, 5.41) is 8.84. The van der Waals surface area contributed by atoms with Crippen LogP contribution in [-0.4, -0.2) is 41.7 Å². The molecule has 0 aromatic heterocycles. The van der Waals surface area contributed by atoms with Crippen LogP contribution in [0.3, 0.4) is 0 Å². The monoisotopic (exact) mass is 242 g/mol. The molecule has 3 atom stereocenters. The third-order valence-corrected chi connectivity index (χ3v) is 3.81. The van der Waals surface area contributed by atoms with Crippen LogP contribution >= 0.6 is 0 Å². The maximum atomic E-state index is 12.4. The highest BCUT2D eigenvalue weighted by Crippen LogP contribution is 2.30. The fourth-order valence-electron chi connectivity index (χ4n) is 2.72. The molecule has 100 valence electrons. The zero-order valence-electron chi connectivity index (χ0n) is 11.1. The average molecular weight is 242 g/mol. The Morgan fingerprint density at radius 3 is 2.71 bits per heavy atom. The molecule has 4 nitrogen and oxygen atoms in total. The molecule has 0 aromatic carbocycles. The van der Waals surface area contributed by atoms with Gasteiger partial charge in [0.05, 0.1) is 0 Å². The molecular formula is C13H26N2O2. The summed E-state index contributed by atoms with van der Waals surface area (Å²) in [6.45, 7) is 5.67. The van der Waals surface area contributed by atoms with E-state index >= 15 is 0 Å². The van der Waals surface area contributed by atoms with Gasteiger partial charge in [-0.15, -0.1) is 0 Å². The molecule has 1 rings (SSSR count). The number of rotatable bonds is 5. The zero-order chi connectivity index (χ0) is 12.8. The number of nitrogens with zero attached hydrogens (tertiary/aromatic N) is 1. The number of aliphatic hydroxyl groups is 1. The predicted octanol–water partition coefficient (Wildman–Crippen LogP) is 0.981. The van der Waals surface area contributed by atoms with Crippen molar-refractivity contribution in [2.75, 3.05) is 19.7 Å². The molecule has 1 amide bonds.